The van der Waals surface area contributed by atoms with E-state index in [4.69, 9.17) is 5.73 Å². The second-order valence-electron chi connectivity index (χ2n) is 3.67. The van der Waals surface area contributed by atoms with Crippen molar-refractivity contribution >= 4 is 5.91 Å². The van der Waals surface area contributed by atoms with Crippen LogP contribution in [0.2, 0.25) is 0 Å². The summed E-state index contributed by atoms with van der Waals surface area (Å²) in [4.78, 5) is 11.8. The van der Waals surface area contributed by atoms with Gasteiger partial charge in [0.1, 0.15) is 0 Å². The number of carbonyl (C=O) groups is 1. The molecule has 0 aliphatic heterocycles. The van der Waals surface area contributed by atoms with Crippen LogP contribution in [0.5, 0.6) is 0 Å². The smallest absolute Gasteiger partial charge is 0.255 e. The summed E-state index contributed by atoms with van der Waals surface area (Å²) in [5.74, 6) is 5.27. The lowest BCUT2D eigenvalue weighted by Crippen LogP contribution is -2.21. The van der Waals surface area contributed by atoms with Crippen LogP contribution in [-0.2, 0) is 0 Å². The maximum atomic E-state index is 11.8. The molecule has 3 nitrogen and oxygen atoms in total. The van der Waals surface area contributed by atoms with Gasteiger partial charge in [0.2, 0.25) is 0 Å². The second-order valence-corrected chi connectivity index (χ2v) is 3.67. The van der Waals surface area contributed by atoms with E-state index in [1.165, 1.54) is 0 Å². The van der Waals surface area contributed by atoms with Crippen molar-refractivity contribution in [1.82, 2.24) is 5.32 Å². The Kier molecular flexibility index (Phi) is 5.27. The minimum atomic E-state index is -0.141. The zero-order chi connectivity index (χ0) is 13.4. The lowest BCUT2D eigenvalue weighted by Gasteiger charge is -2.04. The first kappa shape index (κ1) is 13.6. The van der Waals surface area contributed by atoms with E-state index in [1.54, 1.807) is 38.1 Å². The zero-order valence-electron chi connectivity index (χ0n) is 10.5. The molecule has 0 saturated carbocycles. The topological polar surface area (TPSA) is 55.1 Å². The maximum Gasteiger partial charge on any atom is 0.255 e. The van der Waals surface area contributed by atoms with E-state index in [0.29, 0.717) is 17.0 Å². The van der Waals surface area contributed by atoms with Crippen LogP contribution in [-0.4, -0.2) is 5.91 Å². The van der Waals surface area contributed by atoms with E-state index < -0.39 is 0 Å². The third-order valence-electron chi connectivity index (χ3n) is 2.13. The monoisotopic (exact) mass is 240 g/mol. The molecule has 0 saturated heterocycles. The minimum Gasteiger partial charge on any atom is -0.392 e. The van der Waals surface area contributed by atoms with Gasteiger partial charge in [-0.3, -0.25) is 4.79 Å². The fourth-order valence-electron chi connectivity index (χ4n) is 1.28. The summed E-state index contributed by atoms with van der Waals surface area (Å²) in [6.07, 6.45) is 3.39. The summed E-state index contributed by atoms with van der Waals surface area (Å²) in [6.45, 7) is 3.51. The Morgan fingerprint density at radius 3 is 2.56 bits per heavy atom. The van der Waals surface area contributed by atoms with Gasteiger partial charge < -0.3 is 11.1 Å². The standard InChI is InChI=1S/C15H16N2O/c1-3-7-14(16)11-10-12(2)17-15(18)13-8-5-4-6-9-13/h4-6,8-11H,16H2,1-2H3,(H,17,18)/b12-10+,14-11+. The molecule has 0 heterocycles. The van der Waals surface area contributed by atoms with Crippen molar-refractivity contribution in [2.75, 3.05) is 0 Å². The SMILES string of the molecule is CC#C/C(N)=C\C=C(/C)NC(=O)c1ccccc1. The predicted octanol–water partition coefficient (Wildman–Crippen LogP) is 2.19. The molecule has 18 heavy (non-hydrogen) atoms. The van der Waals surface area contributed by atoms with Crippen molar-refractivity contribution < 1.29 is 4.79 Å². The summed E-state index contributed by atoms with van der Waals surface area (Å²) in [6, 6.07) is 9.03. The molecular formula is C15H16N2O. The molecule has 1 amide bonds. The van der Waals surface area contributed by atoms with Crippen molar-refractivity contribution in [3.8, 4) is 11.8 Å². The van der Waals surface area contributed by atoms with Crippen molar-refractivity contribution in [3.05, 3.63) is 59.4 Å². The number of hydrogen-bond acceptors (Lipinski definition) is 2. The molecule has 0 unspecified atom stereocenters. The van der Waals surface area contributed by atoms with Crippen LogP contribution in [0.1, 0.15) is 24.2 Å². The summed E-state index contributed by atoms with van der Waals surface area (Å²) in [5.41, 5.74) is 7.40. The van der Waals surface area contributed by atoms with Crippen molar-refractivity contribution in [1.29, 1.82) is 0 Å². The van der Waals surface area contributed by atoms with Gasteiger partial charge in [-0.1, -0.05) is 24.1 Å². The average Bonchev–Trinajstić information content (AvgIpc) is 2.38. The molecule has 1 aromatic carbocycles. The molecule has 0 radical (unpaired) electrons. The van der Waals surface area contributed by atoms with Crippen LogP contribution in [0.25, 0.3) is 0 Å². The van der Waals surface area contributed by atoms with Crippen molar-refractivity contribution in [3.63, 3.8) is 0 Å². The van der Waals surface area contributed by atoms with E-state index >= 15 is 0 Å². The van der Waals surface area contributed by atoms with Gasteiger partial charge in [0.05, 0.1) is 5.70 Å². The highest BCUT2D eigenvalue weighted by Gasteiger charge is 2.03. The number of hydrogen-bond donors (Lipinski definition) is 2. The summed E-state index contributed by atoms with van der Waals surface area (Å²) in [7, 11) is 0. The van der Waals surface area contributed by atoms with E-state index in [0.717, 1.165) is 0 Å². The van der Waals surface area contributed by atoms with Crippen LogP contribution in [0.3, 0.4) is 0 Å². The van der Waals surface area contributed by atoms with Crippen LogP contribution in [0.4, 0.5) is 0 Å². The number of benzene rings is 1. The summed E-state index contributed by atoms with van der Waals surface area (Å²) in [5, 5.41) is 2.77. The molecule has 1 aromatic rings. The Bertz CT molecular complexity index is 531. The quantitative estimate of drug-likeness (QED) is 0.628. The van der Waals surface area contributed by atoms with E-state index in [-0.39, 0.29) is 5.91 Å². The first-order chi connectivity index (χ1) is 8.63. The Labute approximate surface area is 107 Å². The summed E-state index contributed by atoms with van der Waals surface area (Å²) >= 11 is 0. The first-order valence-electron chi connectivity index (χ1n) is 5.56. The van der Waals surface area contributed by atoms with Crippen molar-refractivity contribution in [2.24, 2.45) is 5.73 Å². The van der Waals surface area contributed by atoms with Gasteiger partial charge in [-0.05, 0) is 44.1 Å². The highest BCUT2D eigenvalue weighted by atomic mass is 16.1. The molecule has 3 heteroatoms. The largest absolute Gasteiger partial charge is 0.392 e. The van der Waals surface area contributed by atoms with Gasteiger partial charge >= 0.3 is 0 Å². The Hall–Kier alpha value is -2.47. The van der Waals surface area contributed by atoms with E-state index in [1.807, 2.05) is 18.2 Å². The zero-order valence-corrected chi connectivity index (χ0v) is 10.5. The van der Waals surface area contributed by atoms with Crippen LogP contribution in [0.15, 0.2) is 53.9 Å². The van der Waals surface area contributed by atoms with Gasteiger partial charge in [0.15, 0.2) is 0 Å². The van der Waals surface area contributed by atoms with Gasteiger partial charge in [-0.25, -0.2) is 0 Å². The van der Waals surface area contributed by atoms with Crippen LogP contribution >= 0.6 is 0 Å². The predicted molar refractivity (Wildman–Crippen MR) is 73.4 cm³/mol. The van der Waals surface area contributed by atoms with Crippen molar-refractivity contribution in [2.45, 2.75) is 13.8 Å². The molecule has 3 N–H and O–H groups in total. The minimum absolute atomic E-state index is 0.141. The Morgan fingerprint density at radius 1 is 1.28 bits per heavy atom. The molecule has 0 aliphatic carbocycles. The first-order valence-corrected chi connectivity index (χ1v) is 5.56. The molecule has 0 aromatic heterocycles. The Morgan fingerprint density at radius 2 is 1.94 bits per heavy atom. The van der Waals surface area contributed by atoms with Crippen LogP contribution in [0, 0.1) is 11.8 Å². The van der Waals surface area contributed by atoms with E-state index in [2.05, 4.69) is 17.2 Å². The molecule has 0 bridgehead atoms. The number of amides is 1. The molecule has 92 valence electrons. The normalized spacial score (nSPS) is 11.4. The third kappa shape index (κ3) is 4.58. The van der Waals surface area contributed by atoms with Gasteiger partial charge in [0, 0.05) is 11.3 Å². The highest BCUT2D eigenvalue weighted by Crippen LogP contribution is 2.00. The van der Waals surface area contributed by atoms with Crippen LogP contribution < -0.4 is 11.1 Å². The van der Waals surface area contributed by atoms with E-state index in [9.17, 15) is 4.79 Å². The fraction of sp³-hybridized carbons (Fsp3) is 0.133. The third-order valence-corrected chi connectivity index (χ3v) is 2.13. The molecule has 0 atom stereocenters. The maximum absolute atomic E-state index is 11.8. The molecule has 0 fully saturated rings. The van der Waals surface area contributed by atoms with Gasteiger partial charge in [0.25, 0.3) is 5.91 Å². The lowest BCUT2D eigenvalue weighted by molar-refractivity contribution is 0.0966. The summed E-state index contributed by atoms with van der Waals surface area (Å²) < 4.78 is 0. The van der Waals surface area contributed by atoms with Gasteiger partial charge in [-0.15, -0.1) is 0 Å². The molecule has 1 rings (SSSR count). The number of allylic oxidation sites excluding steroid dienone is 4. The number of rotatable bonds is 3. The number of nitrogens with two attached hydrogens (primary N) is 1. The van der Waals surface area contributed by atoms with Gasteiger partial charge in [-0.2, -0.15) is 0 Å². The number of carbonyl (C=O) groups excluding carboxylic acids is 1. The lowest BCUT2D eigenvalue weighted by atomic mass is 10.2. The molecule has 0 aliphatic rings. The number of nitrogens with one attached hydrogen (secondary N) is 1. The average molecular weight is 240 g/mol. The second kappa shape index (κ2) is 6.97. The Balaban J connectivity index is 2.67. The molecule has 0 spiro atoms. The fourth-order valence-corrected chi connectivity index (χ4v) is 1.28. The highest BCUT2D eigenvalue weighted by molar-refractivity contribution is 5.95. The molecular weight excluding hydrogens is 224 g/mol.